The Balaban J connectivity index is 0.000000749. The molecule has 13 nitrogen and oxygen atoms in total. The number of halogens is 3. The molecule has 46 heavy (non-hydrogen) atoms. The van der Waals surface area contributed by atoms with Crippen molar-refractivity contribution in [1.82, 2.24) is 10.6 Å². The summed E-state index contributed by atoms with van der Waals surface area (Å²) in [5.41, 5.74) is 0.702. The van der Waals surface area contributed by atoms with E-state index in [1.54, 1.807) is 90.1 Å². The van der Waals surface area contributed by atoms with Crippen LogP contribution in [0.1, 0.15) is 52.7 Å². The molecule has 0 atom stereocenters. The average Bonchev–Trinajstić information content (AvgIpc) is 2.92. The monoisotopic (exact) mass is 706 g/mol. The van der Waals surface area contributed by atoms with Crippen LogP contribution in [-0.2, 0) is 41.7 Å². The number of benzene rings is 2. The lowest BCUT2D eigenvalue weighted by Gasteiger charge is -2.19. The lowest BCUT2D eigenvalue weighted by molar-refractivity contribution is -0.139. The second kappa shape index (κ2) is 20.9. The van der Waals surface area contributed by atoms with E-state index in [1.165, 1.54) is 0 Å². The zero-order valence-corrected chi connectivity index (χ0v) is 28.4. The highest BCUT2D eigenvalue weighted by molar-refractivity contribution is 6.97. The fourth-order valence-electron chi connectivity index (χ4n) is 2.67. The molecule has 0 saturated carbocycles. The van der Waals surface area contributed by atoms with Gasteiger partial charge in [0.15, 0.2) is 13.2 Å². The van der Waals surface area contributed by atoms with Gasteiger partial charge in [0.25, 0.3) is 5.24 Å². The van der Waals surface area contributed by atoms with Crippen LogP contribution >= 0.6 is 34.8 Å². The summed E-state index contributed by atoms with van der Waals surface area (Å²) in [6, 6.07) is 13.8. The summed E-state index contributed by atoms with van der Waals surface area (Å²) in [4.78, 5) is 62.7. The van der Waals surface area contributed by atoms with E-state index in [0.717, 1.165) is 11.1 Å². The van der Waals surface area contributed by atoms with Crippen molar-refractivity contribution in [3.05, 3.63) is 59.7 Å². The maximum Gasteiger partial charge on any atom is 0.407 e. The van der Waals surface area contributed by atoms with Gasteiger partial charge in [-0.3, -0.25) is 14.4 Å². The Morgan fingerprint density at radius 1 is 0.609 bits per heavy atom. The Labute approximate surface area is 281 Å². The van der Waals surface area contributed by atoms with Crippen molar-refractivity contribution in [2.24, 2.45) is 0 Å². The molecular weight excluding hydrogens is 671 g/mol. The Kier molecular flexibility index (Phi) is 19.0. The van der Waals surface area contributed by atoms with Gasteiger partial charge in [-0.25, -0.2) is 14.4 Å². The number of aliphatic carboxylic acids is 1. The van der Waals surface area contributed by atoms with E-state index in [4.69, 9.17) is 35.7 Å². The van der Waals surface area contributed by atoms with Gasteiger partial charge < -0.3 is 34.7 Å². The molecule has 0 aliphatic carbocycles. The fraction of sp³-hybridized carbons (Fsp3) is 0.400. The van der Waals surface area contributed by atoms with E-state index >= 15 is 0 Å². The molecule has 0 unspecified atom stereocenters. The number of hydrogen-bond donors (Lipinski definition) is 3. The Bertz CT molecular complexity index is 1200. The first kappa shape index (κ1) is 41.9. The molecule has 0 saturated heterocycles. The van der Waals surface area contributed by atoms with Crippen molar-refractivity contribution in [3.8, 4) is 11.5 Å². The van der Waals surface area contributed by atoms with Crippen molar-refractivity contribution in [3.63, 3.8) is 0 Å². The summed E-state index contributed by atoms with van der Waals surface area (Å²) in [5.74, 6) is -0.0193. The van der Waals surface area contributed by atoms with Crippen LogP contribution in [-0.4, -0.2) is 63.4 Å². The van der Waals surface area contributed by atoms with E-state index in [-0.39, 0.29) is 13.2 Å². The normalized spacial score (nSPS) is 10.4. The zero-order chi connectivity index (χ0) is 35.5. The molecule has 0 spiro atoms. The third-order valence-corrected chi connectivity index (χ3v) is 4.94. The minimum Gasteiger partial charge on any atom is -0.484 e. The van der Waals surface area contributed by atoms with Crippen LogP contribution in [0.5, 0.6) is 11.5 Å². The molecule has 0 fully saturated rings. The first-order valence-electron chi connectivity index (χ1n) is 13.3. The van der Waals surface area contributed by atoms with Crippen LogP contribution in [0.2, 0.25) is 0 Å². The van der Waals surface area contributed by atoms with Gasteiger partial charge in [-0.2, -0.15) is 0 Å². The van der Waals surface area contributed by atoms with Crippen molar-refractivity contribution < 1.29 is 52.8 Å². The smallest absolute Gasteiger partial charge is 0.407 e. The summed E-state index contributed by atoms with van der Waals surface area (Å²) in [5, 5.41) is 10.9. The van der Waals surface area contributed by atoms with Crippen LogP contribution in [0.4, 0.5) is 9.59 Å². The highest BCUT2D eigenvalue weighted by Gasteiger charge is 2.16. The number of alkyl carbamates (subject to hydrolysis) is 2. The first-order valence-corrected chi connectivity index (χ1v) is 14.5. The molecule has 2 rings (SSSR count). The summed E-state index contributed by atoms with van der Waals surface area (Å²) in [6.45, 7) is 10.9. The lowest BCUT2D eigenvalue weighted by atomic mass is 10.2. The van der Waals surface area contributed by atoms with E-state index in [9.17, 15) is 28.8 Å². The maximum absolute atomic E-state index is 11.5. The predicted molar refractivity (Wildman–Crippen MR) is 170 cm³/mol. The number of amides is 2. The Morgan fingerprint density at radius 3 is 1.20 bits per heavy atom. The molecule has 3 N–H and O–H groups in total. The molecule has 254 valence electrons. The number of carbonyl (C=O) groups excluding carboxylic acids is 5. The standard InChI is InChI=1S/C14H18ClNO4.C14H19NO5.C2Cl2O2/c1-14(2,3)20-13(18)16-8-10-4-6-11(7-5-10)19-9-12(15)17;1-14(2,3)20-13(18)15-8-10-4-6-11(7-5-10)19-9-12(16)17;3-1(5)2(4)6/h4-7H,8-9H2,1-3H3,(H,16,18);4-7H,8-9H2,1-3H3,(H,15,18)(H,16,17);. The average molecular weight is 708 g/mol. The zero-order valence-electron chi connectivity index (χ0n) is 26.1. The number of carboxylic acid groups (broad SMARTS) is 1. The molecule has 0 heterocycles. The quantitative estimate of drug-likeness (QED) is 0.197. The van der Waals surface area contributed by atoms with E-state index in [1.807, 2.05) is 0 Å². The second-order valence-electron chi connectivity index (χ2n) is 10.9. The minimum absolute atomic E-state index is 0.170. The highest BCUT2D eigenvalue weighted by Crippen LogP contribution is 2.14. The van der Waals surface area contributed by atoms with Gasteiger partial charge in [0.05, 0.1) is 0 Å². The highest BCUT2D eigenvalue weighted by atomic mass is 35.5. The first-order chi connectivity index (χ1) is 21.2. The van der Waals surface area contributed by atoms with Crippen molar-refractivity contribution in [2.45, 2.75) is 65.8 Å². The summed E-state index contributed by atoms with van der Waals surface area (Å²) in [6.07, 6.45) is -0.950. The maximum atomic E-state index is 11.5. The van der Waals surface area contributed by atoms with Gasteiger partial charge in [0, 0.05) is 13.1 Å². The minimum atomic E-state index is -1.14. The molecule has 2 aromatic rings. The third-order valence-electron chi connectivity index (χ3n) is 4.39. The molecule has 2 aromatic carbocycles. The topological polar surface area (TPSA) is 184 Å². The van der Waals surface area contributed by atoms with Gasteiger partial charge in [-0.05, 0) is 112 Å². The van der Waals surface area contributed by atoms with Gasteiger partial charge in [0.1, 0.15) is 22.7 Å². The van der Waals surface area contributed by atoms with Crippen LogP contribution in [0.3, 0.4) is 0 Å². The van der Waals surface area contributed by atoms with Crippen LogP contribution in [0, 0.1) is 0 Å². The summed E-state index contributed by atoms with van der Waals surface area (Å²) in [7, 11) is 0. The summed E-state index contributed by atoms with van der Waals surface area (Å²) >= 11 is 14.2. The van der Waals surface area contributed by atoms with E-state index in [2.05, 4.69) is 33.8 Å². The molecule has 16 heteroatoms. The number of hydrogen-bond acceptors (Lipinski definition) is 10. The number of carboxylic acids is 1. The summed E-state index contributed by atoms with van der Waals surface area (Å²) < 4.78 is 20.4. The van der Waals surface area contributed by atoms with Crippen LogP contribution < -0.4 is 20.1 Å². The van der Waals surface area contributed by atoms with Gasteiger partial charge in [-0.1, -0.05) is 24.3 Å². The van der Waals surface area contributed by atoms with Gasteiger partial charge in [0.2, 0.25) is 0 Å². The largest absolute Gasteiger partial charge is 0.484 e. The molecule has 0 aromatic heterocycles. The predicted octanol–water partition coefficient (Wildman–Crippen LogP) is 5.55. The number of ether oxygens (including phenoxy) is 4. The molecule has 0 aliphatic rings. The fourth-order valence-corrected chi connectivity index (χ4v) is 2.72. The van der Waals surface area contributed by atoms with Crippen LogP contribution in [0.15, 0.2) is 48.5 Å². The molecule has 0 aliphatic heterocycles. The number of rotatable bonds is 11. The molecular formula is C30H37Cl3N2O11. The number of nitrogens with one attached hydrogen (secondary N) is 2. The van der Waals surface area contributed by atoms with E-state index in [0.29, 0.717) is 24.6 Å². The van der Waals surface area contributed by atoms with Crippen LogP contribution in [0.25, 0.3) is 0 Å². The van der Waals surface area contributed by atoms with Gasteiger partial charge >= 0.3 is 28.6 Å². The third kappa shape index (κ3) is 24.3. The van der Waals surface area contributed by atoms with Gasteiger partial charge in [-0.15, -0.1) is 0 Å². The van der Waals surface area contributed by atoms with Crippen molar-refractivity contribution >= 4 is 68.7 Å². The van der Waals surface area contributed by atoms with Crippen molar-refractivity contribution in [1.29, 1.82) is 0 Å². The molecule has 0 bridgehead atoms. The SMILES string of the molecule is CC(C)(C)OC(=O)NCc1ccc(OCC(=O)Cl)cc1.CC(C)(C)OC(=O)NCc1ccc(OCC(=O)O)cc1.O=C(Cl)C(=O)Cl. The Morgan fingerprint density at radius 2 is 0.935 bits per heavy atom. The second-order valence-corrected chi connectivity index (χ2v) is 12.0. The molecule has 2 amide bonds. The molecule has 0 radical (unpaired) electrons. The van der Waals surface area contributed by atoms with Crippen molar-refractivity contribution in [2.75, 3.05) is 13.2 Å². The lowest BCUT2D eigenvalue weighted by Crippen LogP contribution is -2.32. The number of carbonyl (C=O) groups is 6. The Hall–Kier alpha value is -4.07. The van der Waals surface area contributed by atoms with E-state index < -0.39 is 45.1 Å².